The maximum atomic E-state index is 12.5. The van der Waals surface area contributed by atoms with E-state index in [1.165, 1.54) is 11.8 Å². The third kappa shape index (κ3) is 3.48. The lowest BCUT2D eigenvalue weighted by molar-refractivity contribution is -0.113. The first kappa shape index (κ1) is 16.4. The minimum atomic E-state index is -0.0499. The van der Waals surface area contributed by atoms with Crippen molar-refractivity contribution in [1.29, 1.82) is 0 Å². The third-order valence-corrected chi connectivity index (χ3v) is 4.99. The quantitative estimate of drug-likeness (QED) is 0.524. The lowest BCUT2D eigenvalue weighted by Gasteiger charge is -2.11. The molecule has 0 bridgehead atoms. The summed E-state index contributed by atoms with van der Waals surface area (Å²) in [5, 5.41) is 3.83. The first-order valence-electron chi connectivity index (χ1n) is 8.30. The van der Waals surface area contributed by atoms with E-state index in [1.54, 1.807) is 0 Å². The number of anilines is 1. The van der Waals surface area contributed by atoms with Gasteiger partial charge >= 0.3 is 0 Å². The largest absolute Gasteiger partial charge is 0.325 e. The zero-order valence-electron chi connectivity index (χ0n) is 14.0. The van der Waals surface area contributed by atoms with Crippen molar-refractivity contribution >= 4 is 28.9 Å². The van der Waals surface area contributed by atoms with Gasteiger partial charge in [0, 0.05) is 17.4 Å². The van der Waals surface area contributed by atoms with Crippen LogP contribution in [0.5, 0.6) is 0 Å². The Hall–Kier alpha value is -3.05. The minimum Gasteiger partial charge on any atom is -0.325 e. The second kappa shape index (κ2) is 7.45. The molecule has 0 radical (unpaired) electrons. The van der Waals surface area contributed by atoms with Crippen LogP contribution < -0.4 is 5.32 Å². The Bertz CT molecular complexity index is 1040. The van der Waals surface area contributed by atoms with Crippen molar-refractivity contribution in [3.63, 3.8) is 0 Å². The van der Waals surface area contributed by atoms with Gasteiger partial charge in [0.2, 0.25) is 5.91 Å². The maximum absolute atomic E-state index is 12.5. The highest BCUT2D eigenvalue weighted by molar-refractivity contribution is 7.99. The monoisotopic (exact) mass is 359 g/mol. The molecule has 2 aromatic heterocycles. The van der Waals surface area contributed by atoms with E-state index in [1.807, 2.05) is 89.6 Å². The van der Waals surface area contributed by atoms with Gasteiger partial charge in [-0.3, -0.25) is 9.20 Å². The molecule has 0 fully saturated rings. The summed E-state index contributed by atoms with van der Waals surface area (Å²) in [6.07, 6.45) is 3.76. The van der Waals surface area contributed by atoms with Crippen LogP contribution in [-0.2, 0) is 4.79 Å². The fourth-order valence-corrected chi connectivity index (χ4v) is 3.57. The van der Waals surface area contributed by atoms with Crippen molar-refractivity contribution < 1.29 is 4.79 Å². The van der Waals surface area contributed by atoms with E-state index in [9.17, 15) is 4.79 Å². The Balaban J connectivity index is 1.47. The molecule has 0 unspecified atom stereocenters. The molecule has 4 aromatic rings. The van der Waals surface area contributed by atoms with Crippen molar-refractivity contribution in [3.8, 4) is 11.1 Å². The highest BCUT2D eigenvalue weighted by atomic mass is 32.2. The highest BCUT2D eigenvalue weighted by Gasteiger charge is 2.10. The van der Waals surface area contributed by atoms with E-state index < -0.39 is 0 Å². The molecule has 2 heterocycles. The summed E-state index contributed by atoms with van der Waals surface area (Å²) in [7, 11) is 0. The highest BCUT2D eigenvalue weighted by Crippen LogP contribution is 2.28. The number of imidazole rings is 1. The number of carbonyl (C=O) groups is 1. The predicted molar refractivity (Wildman–Crippen MR) is 106 cm³/mol. The van der Waals surface area contributed by atoms with Crippen LogP contribution in [-0.4, -0.2) is 21.0 Å². The van der Waals surface area contributed by atoms with Crippen molar-refractivity contribution in [2.45, 2.75) is 5.16 Å². The van der Waals surface area contributed by atoms with Gasteiger partial charge in [-0.25, -0.2) is 4.98 Å². The molecule has 0 aliphatic carbocycles. The number of amides is 1. The lowest BCUT2D eigenvalue weighted by atomic mass is 10.0. The first-order chi connectivity index (χ1) is 12.8. The summed E-state index contributed by atoms with van der Waals surface area (Å²) in [6.45, 7) is 0. The molecule has 5 heteroatoms. The molecular weight excluding hydrogens is 342 g/mol. The second-order valence-corrected chi connectivity index (χ2v) is 6.73. The van der Waals surface area contributed by atoms with Crippen LogP contribution in [0.15, 0.2) is 90.3 Å². The van der Waals surface area contributed by atoms with Gasteiger partial charge in [0.1, 0.15) is 0 Å². The van der Waals surface area contributed by atoms with Gasteiger partial charge in [-0.2, -0.15) is 0 Å². The van der Waals surface area contributed by atoms with Gasteiger partial charge < -0.3 is 5.32 Å². The lowest BCUT2D eigenvalue weighted by Crippen LogP contribution is -2.15. The van der Waals surface area contributed by atoms with Crippen LogP contribution in [0.3, 0.4) is 0 Å². The number of nitrogens with one attached hydrogen (secondary N) is 1. The minimum absolute atomic E-state index is 0.0499. The predicted octanol–water partition coefficient (Wildman–Crippen LogP) is 4.73. The van der Waals surface area contributed by atoms with Gasteiger partial charge in [0.25, 0.3) is 0 Å². The Morgan fingerprint density at radius 1 is 0.962 bits per heavy atom. The normalized spacial score (nSPS) is 10.8. The van der Waals surface area contributed by atoms with Crippen LogP contribution in [0.1, 0.15) is 0 Å². The number of fused-ring (bicyclic) bond motifs is 1. The van der Waals surface area contributed by atoms with Crippen molar-refractivity contribution in [2.24, 2.45) is 0 Å². The Kier molecular flexibility index (Phi) is 4.71. The molecule has 0 atom stereocenters. The van der Waals surface area contributed by atoms with Crippen LogP contribution in [0.25, 0.3) is 16.6 Å². The average molecular weight is 359 g/mol. The molecule has 1 N–H and O–H groups in total. The molecule has 0 aliphatic heterocycles. The maximum Gasteiger partial charge on any atom is 0.234 e. The number of aromatic nitrogens is 2. The fourth-order valence-electron chi connectivity index (χ4n) is 2.80. The number of hydrogen-bond donors (Lipinski definition) is 1. The summed E-state index contributed by atoms with van der Waals surface area (Å²) < 4.78 is 1.98. The molecule has 0 spiro atoms. The molecule has 0 aliphatic rings. The Morgan fingerprint density at radius 3 is 2.62 bits per heavy atom. The zero-order valence-corrected chi connectivity index (χ0v) is 14.8. The molecule has 128 valence electrons. The molecule has 1 amide bonds. The number of benzene rings is 2. The topological polar surface area (TPSA) is 46.4 Å². The number of pyridine rings is 1. The molecule has 0 saturated carbocycles. The first-order valence-corrected chi connectivity index (χ1v) is 9.29. The summed E-state index contributed by atoms with van der Waals surface area (Å²) in [6, 6.07) is 23.8. The molecule has 4 rings (SSSR count). The summed E-state index contributed by atoms with van der Waals surface area (Å²) in [5.41, 5.74) is 3.93. The Morgan fingerprint density at radius 2 is 1.73 bits per heavy atom. The van der Waals surface area contributed by atoms with Crippen molar-refractivity contribution in [3.05, 3.63) is 85.2 Å². The number of rotatable bonds is 5. The number of nitrogens with zero attached hydrogens (tertiary/aromatic N) is 2. The van der Waals surface area contributed by atoms with E-state index in [-0.39, 0.29) is 5.91 Å². The third-order valence-electron chi connectivity index (χ3n) is 4.02. The van der Waals surface area contributed by atoms with Crippen LogP contribution in [0, 0.1) is 0 Å². The molecule has 0 saturated heterocycles. The summed E-state index contributed by atoms with van der Waals surface area (Å²) >= 11 is 1.43. The molecule has 2 aromatic carbocycles. The number of thioether (sulfide) groups is 1. The van der Waals surface area contributed by atoms with E-state index >= 15 is 0 Å². The molecule has 4 nitrogen and oxygen atoms in total. The van der Waals surface area contributed by atoms with Gasteiger partial charge in [-0.1, -0.05) is 66.4 Å². The van der Waals surface area contributed by atoms with E-state index in [0.717, 1.165) is 27.5 Å². The SMILES string of the molecule is O=C(CSc1ncc2ccccn12)Nc1ccccc1-c1ccccc1. The van der Waals surface area contributed by atoms with Crippen LogP contribution in [0.2, 0.25) is 0 Å². The van der Waals surface area contributed by atoms with Crippen LogP contribution >= 0.6 is 11.8 Å². The number of para-hydroxylation sites is 1. The smallest absolute Gasteiger partial charge is 0.234 e. The van der Waals surface area contributed by atoms with E-state index in [2.05, 4.69) is 10.3 Å². The standard InChI is InChI=1S/C21H17N3OS/c25-20(15-26-21-22-14-17-10-6-7-13-24(17)21)23-19-12-5-4-11-18(19)16-8-2-1-3-9-16/h1-14H,15H2,(H,23,25). The van der Waals surface area contributed by atoms with Crippen molar-refractivity contribution in [2.75, 3.05) is 11.1 Å². The van der Waals surface area contributed by atoms with E-state index in [0.29, 0.717) is 5.75 Å². The average Bonchev–Trinajstić information content (AvgIpc) is 3.11. The van der Waals surface area contributed by atoms with E-state index in [4.69, 9.17) is 0 Å². The number of hydrogen-bond acceptors (Lipinski definition) is 3. The molecule has 26 heavy (non-hydrogen) atoms. The van der Waals surface area contributed by atoms with Gasteiger partial charge in [0.05, 0.1) is 17.5 Å². The van der Waals surface area contributed by atoms with Crippen LogP contribution in [0.4, 0.5) is 5.69 Å². The molecular formula is C21H17N3OS. The fraction of sp³-hybridized carbons (Fsp3) is 0.0476. The summed E-state index contributed by atoms with van der Waals surface area (Å²) in [4.78, 5) is 16.8. The Labute approximate surface area is 155 Å². The van der Waals surface area contributed by atoms with Gasteiger partial charge in [0.15, 0.2) is 5.16 Å². The second-order valence-electron chi connectivity index (χ2n) is 5.78. The van der Waals surface area contributed by atoms with Gasteiger partial charge in [-0.15, -0.1) is 0 Å². The summed E-state index contributed by atoms with van der Waals surface area (Å²) in [5.74, 6) is 0.253. The van der Waals surface area contributed by atoms with Crippen molar-refractivity contribution in [1.82, 2.24) is 9.38 Å². The number of carbonyl (C=O) groups excluding carboxylic acids is 1. The zero-order chi connectivity index (χ0) is 17.8. The van der Waals surface area contributed by atoms with Gasteiger partial charge in [-0.05, 0) is 23.8 Å².